The maximum atomic E-state index is 12.1. The van der Waals surface area contributed by atoms with Crippen molar-refractivity contribution in [2.24, 2.45) is 0 Å². The van der Waals surface area contributed by atoms with E-state index >= 15 is 0 Å². The van der Waals surface area contributed by atoms with E-state index in [9.17, 15) is 4.79 Å². The number of nitrogens with one attached hydrogen (secondary N) is 1. The predicted molar refractivity (Wildman–Crippen MR) is 59.0 cm³/mol. The molecule has 2 aliphatic heterocycles. The van der Waals surface area contributed by atoms with Crippen LogP contribution in [-0.4, -0.2) is 55.5 Å². The standard InChI is InChI=1S/C11H20N2O3/c1-3-11(2)10(14)13(8-12-11)6-9-7-15-4-5-16-9/h9,12H,3-8H2,1-2H3. The molecule has 1 amide bonds. The van der Waals surface area contributed by atoms with Crippen LogP contribution in [0.3, 0.4) is 0 Å². The molecule has 0 bridgehead atoms. The van der Waals surface area contributed by atoms with Gasteiger partial charge in [-0.15, -0.1) is 0 Å². The van der Waals surface area contributed by atoms with Gasteiger partial charge in [-0.05, 0) is 13.3 Å². The number of rotatable bonds is 3. The molecule has 0 aliphatic carbocycles. The van der Waals surface area contributed by atoms with Crippen molar-refractivity contribution in [2.45, 2.75) is 31.9 Å². The molecule has 2 unspecified atom stereocenters. The maximum absolute atomic E-state index is 12.1. The number of ether oxygens (including phenoxy) is 2. The molecule has 2 saturated heterocycles. The van der Waals surface area contributed by atoms with Crippen molar-refractivity contribution >= 4 is 5.91 Å². The van der Waals surface area contributed by atoms with E-state index in [1.165, 1.54) is 0 Å². The highest BCUT2D eigenvalue weighted by Gasteiger charge is 2.41. The van der Waals surface area contributed by atoms with Crippen molar-refractivity contribution in [3.63, 3.8) is 0 Å². The van der Waals surface area contributed by atoms with E-state index in [4.69, 9.17) is 9.47 Å². The topological polar surface area (TPSA) is 50.8 Å². The van der Waals surface area contributed by atoms with E-state index in [-0.39, 0.29) is 12.0 Å². The van der Waals surface area contributed by atoms with Gasteiger partial charge in [0, 0.05) is 0 Å². The normalized spacial score (nSPS) is 35.8. The molecule has 92 valence electrons. The average molecular weight is 228 g/mol. The molecule has 1 N–H and O–H groups in total. The molecule has 5 heteroatoms. The fourth-order valence-electron chi connectivity index (χ4n) is 2.08. The Morgan fingerprint density at radius 3 is 2.94 bits per heavy atom. The van der Waals surface area contributed by atoms with Gasteiger partial charge in [0.15, 0.2) is 0 Å². The Balaban J connectivity index is 1.89. The zero-order valence-electron chi connectivity index (χ0n) is 9.99. The quantitative estimate of drug-likeness (QED) is 0.736. The molecular weight excluding hydrogens is 208 g/mol. The molecule has 2 atom stereocenters. The first-order valence-corrected chi connectivity index (χ1v) is 5.89. The van der Waals surface area contributed by atoms with E-state index in [2.05, 4.69) is 5.32 Å². The molecule has 2 rings (SSSR count). The first-order chi connectivity index (χ1) is 7.65. The number of carbonyl (C=O) groups is 1. The number of hydrogen-bond acceptors (Lipinski definition) is 4. The second-order valence-corrected chi connectivity index (χ2v) is 4.62. The summed E-state index contributed by atoms with van der Waals surface area (Å²) < 4.78 is 10.9. The van der Waals surface area contributed by atoms with E-state index in [0.717, 1.165) is 6.42 Å². The SMILES string of the molecule is CCC1(C)NCN(CC2COCCO2)C1=O. The molecule has 2 aliphatic rings. The monoisotopic (exact) mass is 228 g/mol. The van der Waals surface area contributed by atoms with Crippen LogP contribution in [0.1, 0.15) is 20.3 Å². The van der Waals surface area contributed by atoms with Crippen molar-refractivity contribution in [2.75, 3.05) is 33.0 Å². The minimum Gasteiger partial charge on any atom is -0.376 e. The van der Waals surface area contributed by atoms with Crippen LogP contribution in [-0.2, 0) is 14.3 Å². The smallest absolute Gasteiger partial charge is 0.243 e. The third-order valence-corrected chi connectivity index (χ3v) is 3.44. The van der Waals surface area contributed by atoms with Gasteiger partial charge >= 0.3 is 0 Å². The molecule has 16 heavy (non-hydrogen) atoms. The fraction of sp³-hybridized carbons (Fsp3) is 0.909. The van der Waals surface area contributed by atoms with E-state index in [0.29, 0.717) is 33.0 Å². The van der Waals surface area contributed by atoms with Gasteiger partial charge in [-0.3, -0.25) is 10.1 Å². The highest BCUT2D eigenvalue weighted by Crippen LogP contribution is 2.19. The van der Waals surface area contributed by atoms with Crippen molar-refractivity contribution in [1.82, 2.24) is 10.2 Å². The summed E-state index contributed by atoms with van der Waals surface area (Å²) in [4.78, 5) is 13.9. The van der Waals surface area contributed by atoms with Crippen LogP contribution < -0.4 is 5.32 Å². The van der Waals surface area contributed by atoms with E-state index in [1.807, 2.05) is 18.7 Å². The van der Waals surface area contributed by atoms with Crippen LogP contribution in [0, 0.1) is 0 Å². The predicted octanol–water partition coefficient (Wildman–Crippen LogP) is -0.0402. The van der Waals surface area contributed by atoms with E-state index in [1.54, 1.807) is 0 Å². The van der Waals surface area contributed by atoms with Gasteiger partial charge in [-0.25, -0.2) is 0 Å². The molecular formula is C11H20N2O3. The molecule has 0 aromatic heterocycles. The minimum absolute atomic E-state index is 0.0266. The molecule has 0 aromatic carbocycles. The number of hydrogen-bond donors (Lipinski definition) is 1. The molecule has 0 aromatic rings. The van der Waals surface area contributed by atoms with Crippen LogP contribution in [0.25, 0.3) is 0 Å². The Morgan fingerprint density at radius 2 is 2.38 bits per heavy atom. The van der Waals surface area contributed by atoms with Crippen LogP contribution in [0.5, 0.6) is 0 Å². The minimum atomic E-state index is -0.393. The molecule has 2 fully saturated rings. The first kappa shape index (κ1) is 11.8. The lowest BCUT2D eigenvalue weighted by molar-refractivity contribution is -0.137. The molecule has 5 nitrogen and oxygen atoms in total. The van der Waals surface area contributed by atoms with Crippen LogP contribution >= 0.6 is 0 Å². The van der Waals surface area contributed by atoms with Gasteiger partial charge in [0.2, 0.25) is 5.91 Å². The molecule has 0 saturated carbocycles. The summed E-state index contributed by atoms with van der Waals surface area (Å²) in [6.45, 7) is 7.10. The van der Waals surface area contributed by atoms with Crippen LogP contribution in [0.15, 0.2) is 0 Å². The van der Waals surface area contributed by atoms with Gasteiger partial charge in [0.05, 0.1) is 44.7 Å². The second kappa shape index (κ2) is 4.69. The van der Waals surface area contributed by atoms with Crippen LogP contribution in [0.4, 0.5) is 0 Å². The number of carbonyl (C=O) groups excluding carboxylic acids is 1. The lowest BCUT2D eigenvalue weighted by atomic mass is 9.99. The molecule has 2 heterocycles. The second-order valence-electron chi connectivity index (χ2n) is 4.62. The first-order valence-electron chi connectivity index (χ1n) is 5.89. The van der Waals surface area contributed by atoms with Gasteiger partial charge in [0.25, 0.3) is 0 Å². The summed E-state index contributed by atoms with van der Waals surface area (Å²) in [7, 11) is 0. The Morgan fingerprint density at radius 1 is 1.56 bits per heavy atom. The third-order valence-electron chi connectivity index (χ3n) is 3.44. The highest BCUT2D eigenvalue weighted by atomic mass is 16.6. The third kappa shape index (κ3) is 2.21. The summed E-state index contributed by atoms with van der Waals surface area (Å²) in [5, 5.41) is 3.25. The van der Waals surface area contributed by atoms with Gasteiger partial charge in [-0.1, -0.05) is 6.92 Å². The molecule has 0 radical (unpaired) electrons. The fourth-order valence-corrected chi connectivity index (χ4v) is 2.08. The van der Waals surface area contributed by atoms with Crippen LogP contribution in [0.2, 0.25) is 0 Å². The Labute approximate surface area is 96.1 Å². The summed E-state index contributed by atoms with van der Waals surface area (Å²) in [5.41, 5.74) is -0.393. The van der Waals surface area contributed by atoms with Gasteiger partial charge < -0.3 is 14.4 Å². The number of amides is 1. The summed E-state index contributed by atoms with van der Waals surface area (Å²) in [6.07, 6.45) is 0.836. The summed E-state index contributed by atoms with van der Waals surface area (Å²) in [6, 6.07) is 0. The van der Waals surface area contributed by atoms with Gasteiger partial charge in [-0.2, -0.15) is 0 Å². The lowest BCUT2D eigenvalue weighted by Gasteiger charge is -2.27. The Kier molecular flexibility index (Phi) is 3.47. The zero-order chi connectivity index (χ0) is 11.6. The van der Waals surface area contributed by atoms with Crippen molar-refractivity contribution < 1.29 is 14.3 Å². The van der Waals surface area contributed by atoms with E-state index < -0.39 is 5.54 Å². The molecule has 0 spiro atoms. The van der Waals surface area contributed by atoms with Crippen molar-refractivity contribution in [3.05, 3.63) is 0 Å². The largest absolute Gasteiger partial charge is 0.376 e. The van der Waals surface area contributed by atoms with Crippen molar-refractivity contribution in [3.8, 4) is 0 Å². The van der Waals surface area contributed by atoms with Gasteiger partial charge in [0.1, 0.15) is 0 Å². The highest BCUT2D eigenvalue weighted by molar-refractivity contribution is 5.87. The summed E-state index contributed by atoms with van der Waals surface area (Å²) in [5.74, 6) is 0.171. The maximum Gasteiger partial charge on any atom is 0.243 e. The Hall–Kier alpha value is -0.650. The lowest BCUT2D eigenvalue weighted by Crippen LogP contribution is -2.45. The van der Waals surface area contributed by atoms with Crippen molar-refractivity contribution in [1.29, 1.82) is 0 Å². The average Bonchev–Trinajstić information content (AvgIpc) is 2.60. The zero-order valence-corrected chi connectivity index (χ0v) is 9.99. The Bertz CT molecular complexity index is 266. The summed E-state index contributed by atoms with van der Waals surface area (Å²) >= 11 is 0. The number of nitrogens with zero attached hydrogens (tertiary/aromatic N) is 1.